The average molecular weight is 451 g/mol. The highest BCUT2D eigenvalue weighted by Crippen LogP contribution is 2.18. The molecule has 2 rings (SSSR count). The van der Waals surface area contributed by atoms with Gasteiger partial charge in [0.25, 0.3) is 5.91 Å². The molecule has 1 saturated heterocycles. The highest BCUT2D eigenvalue weighted by atomic mass is 32.2. The van der Waals surface area contributed by atoms with E-state index in [9.17, 15) is 31.2 Å². The van der Waals surface area contributed by atoms with Gasteiger partial charge in [0.1, 0.15) is 0 Å². The van der Waals surface area contributed by atoms with Gasteiger partial charge in [-0.2, -0.15) is 13.2 Å². The Morgan fingerprint density at radius 3 is 2.60 bits per heavy atom. The Balaban J connectivity index is 2.08. The number of halogens is 3. The van der Waals surface area contributed by atoms with Crippen molar-refractivity contribution in [2.45, 2.75) is 38.8 Å². The van der Waals surface area contributed by atoms with Crippen LogP contribution in [0.25, 0.3) is 0 Å². The van der Waals surface area contributed by atoms with Crippen LogP contribution in [0.15, 0.2) is 18.3 Å². The molecule has 1 aliphatic heterocycles. The smallest absolute Gasteiger partial charge is 0.422 e. The summed E-state index contributed by atoms with van der Waals surface area (Å²) in [6, 6.07) is 2.24. The first-order chi connectivity index (χ1) is 14.0. The van der Waals surface area contributed by atoms with Crippen LogP contribution in [0.4, 0.5) is 13.2 Å². The van der Waals surface area contributed by atoms with E-state index in [4.69, 9.17) is 0 Å². The second kappa shape index (κ2) is 10.1. The molecule has 0 N–H and O–H groups in total. The van der Waals surface area contributed by atoms with Crippen LogP contribution in [0.3, 0.4) is 0 Å². The molecule has 0 radical (unpaired) electrons. The van der Waals surface area contributed by atoms with Crippen molar-refractivity contribution >= 4 is 21.8 Å². The average Bonchev–Trinajstić information content (AvgIpc) is 3.07. The molecular formula is C18H24F3N3O5S. The summed E-state index contributed by atoms with van der Waals surface area (Å²) in [6.45, 7) is 0.971. The summed E-state index contributed by atoms with van der Waals surface area (Å²) >= 11 is 0. The topological polar surface area (TPSA) is 96.9 Å². The highest BCUT2D eigenvalue weighted by molar-refractivity contribution is 7.89. The number of pyridine rings is 1. The van der Waals surface area contributed by atoms with Crippen LogP contribution in [-0.4, -0.2) is 72.6 Å². The van der Waals surface area contributed by atoms with E-state index in [-0.39, 0.29) is 36.1 Å². The minimum Gasteiger partial charge on any atom is -0.468 e. The Hall–Kier alpha value is -2.37. The van der Waals surface area contributed by atoms with E-state index in [1.165, 1.54) is 6.07 Å². The van der Waals surface area contributed by atoms with Gasteiger partial charge in [0.2, 0.25) is 21.8 Å². The fourth-order valence-electron chi connectivity index (χ4n) is 2.97. The summed E-state index contributed by atoms with van der Waals surface area (Å²) in [5, 5.41) is 0. The molecule has 168 valence electrons. The second-order valence-electron chi connectivity index (χ2n) is 6.82. The van der Waals surface area contributed by atoms with Crippen molar-refractivity contribution in [3.05, 3.63) is 23.9 Å². The molecule has 0 bridgehead atoms. The quantitative estimate of drug-likeness (QED) is 0.541. The van der Waals surface area contributed by atoms with E-state index in [1.54, 1.807) is 11.8 Å². The third-order valence-electron chi connectivity index (χ3n) is 4.35. The van der Waals surface area contributed by atoms with E-state index in [0.29, 0.717) is 25.9 Å². The maximum absolute atomic E-state index is 12.8. The maximum Gasteiger partial charge on any atom is 0.422 e. The normalized spacial score (nSPS) is 14.8. The van der Waals surface area contributed by atoms with E-state index >= 15 is 0 Å². The molecule has 12 heteroatoms. The fourth-order valence-corrected chi connectivity index (χ4v) is 4.47. The van der Waals surface area contributed by atoms with Crippen LogP contribution >= 0.6 is 0 Å². The van der Waals surface area contributed by atoms with Crippen LogP contribution < -0.4 is 4.74 Å². The Labute approximate surface area is 173 Å². The summed E-state index contributed by atoms with van der Waals surface area (Å²) in [5.41, 5.74) is -0.0914. The van der Waals surface area contributed by atoms with Crippen molar-refractivity contribution in [3.8, 4) is 5.88 Å². The van der Waals surface area contributed by atoms with Gasteiger partial charge in [-0.1, -0.05) is 6.92 Å². The van der Waals surface area contributed by atoms with Crippen molar-refractivity contribution in [2.24, 2.45) is 0 Å². The first-order valence-corrected chi connectivity index (χ1v) is 11.1. The van der Waals surface area contributed by atoms with Gasteiger partial charge in [0.15, 0.2) is 6.61 Å². The molecule has 0 spiro atoms. The third kappa shape index (κ3) is 6.85. The summed E-state index contributed by atoms with van der Waals surface area (Å²) in [7, 11) is -3.90. The van der Waals surface area contributed by atoms with Crippen molar-refractivity contribution in [1.29, 1.82) is 0 Å². The largest absolute Gasteiger partial charge is 0.468 e. The minimum atomic E-state index is -4.53. The standard InChI is InChI=1S/C18H24F3N3O5S/c1-2-11-30(27,28)24(10-4-9-23-8-3-5-16(23)25)17(26)14-6-7-15(22-12-14)29-13-18(19,20)21/h6-7,12H,2-5,8-11,13H2,1H3. The van der Waals surface area contributed by atoms with E-state index in [2.05, 4.69) is 9.72 Å². The highest BCUT2D eigenvalue weighted by Gasteiger charge is 2.30. The Bertz CT molecular complexity index is 844. The number of nitrogens with zero attached hydrogens (tertiary/aromatic N) is 3. The number of alkyl halides is 3. The van der Waals surface area contributed by atoms with Crippen molar-refractivity contribution < 1.29 is 35.9 Å². The van der Waals surface area contributed by atoms with Gasteiger partial charge in [-0.25, -0.2) is 17.7 Å². The lowest BCUT2D eigenvalue weighted by Gasteiger charge is -2.24. The molecule has 30 heavy (non-hydrogen) atoms. The molecule has 0 aliphatic carbocycles. The predicted octanol–water partition coefficient (Wildman–Crippen LogP) is 2.22. The zero-order chi connectivity index (χ0) is 22.4. The molecule has 0 unspecified atom stereocenters. The van der Waals surface area contributed by atoms with Gasteiger partial charge in [-0.3, -0.25) is 9.59 Å². The molecular weight excluding hydrogens is 427 g/mol. The summed E-state index contributed by atoms with van der Waals surface area (Å²) < 4.78 is 67.0. The molecule has 1 aromatic rings. The zero-order valence-electron chi connectivity index (χ0n) is 16.5. The number of carbonyl (C=O) groups is 2. The van der Waals surface area contributed by atoms with Gasteiger partial charge in [-0.15, -0.1) is 0 Å². The Morgan fingerprint density at radius 1 is 1.33 bits per heavy atom. The van der Waals surface area contributed by atoms with Gasteiger partial charge >= 0.3 is 6.18 Å². The number of aromatic nitrogens is 1. The number of ether oxygens (including phenoxy) is 1. The number of rotatable bonds is 10. The fraction of sp³-hybridized carbons (Fsp3) is 0.611. The first-order valence-electron chi connectivity index (χ1n) is 9.51. The van der Waals surface area contributed by atoms with Crippen molar-refractivity contribution in [3.63, 3.8) is 0 Å². The Morgan fingerprint density at radius 2 is 2.07 bits per heavy atom. The number of hydrogen-bond donors (Lipinski definition) is 0. The van der Waals surface area contributed by atoms with Gasteiger partial charge < -0.3 is 9.64 Å². The van der Waals surface area contributed by atoms with E-state index in [0.717, 1.165) is 23.0 Å². The van der Waals surface area contributed by atoms with Crippen LogP contribution in [0.2, 0.25) is 0 Å². The monoisotopic (exact) mass is 451 g/mol. The summed E-state index contributed by atoms with van der Waals surface area (Å²) in [5.74, 6) is -1.39. The zero-order valence-corrected chi connectivity index (χ0v) is 17.3. The molecule has 2 amide bonds. The van der Waals surface area contributed by atoms with Gasteiger partial charge in [-0.05, 0) is 25.3 Å². The number of amides is 2. The second-order valence-corrected chi connectivity index (χ2v) is 8.83. The molecule has 0 aromatic carbocycles. The third-order valence-corrected chi connectivity index (χ3v) is 6.30. The van der Waals surface area contributed by atoms with Crippen molar-refractivity contribution in [2.75, 3.05) is 32.0 Å². The first kappa shape index (κ1) is 23.9. The summed E-state index contributed by atoms with van der Waals surface area (Å²) in [4.78, 5) is 29.8. The summed E-state index contributed by atoms with van der Waals surface area (Å²) in [6.07, 6.45) is -1.75. The van der Waals surface area contributed by atoms with E-state index < -0.39 is 28.7 Å². The number of carbonyl (C=O) groups excluding carboxylic acids is 2. The van der Waals surface area contributed by atoms with E-state index in [1.807, 2.05) is 0 Å². The Kier molecular flexibility index (Phi) is 8.04. The molecule has 1 aromatic heterocycles. The number of hydrogen-bond acceptors (Lipinski definition) is 6. The molecule has 1 aliphatic rings. The lowest BCUT2D eigenvalue weighted by Crippen LogP contribution is -2.40. The van der Waals surface area contributed by atoms with Crippen molar-refractivity contribution in [1.82, 2.24) is 14.2 Å². The minimum absolute atomic E-state index is 0.00272. The predicted molar refractivity (Wildman–Crippen MR) is 101 cm³/mol. The number of likely N-dealkylation sites (tertiary alicyclic amines) is 1. The van der Waals surface area contributed by atoms with Crippen LogP contribution in [-0.2, 0) is 14.8 Å². The molecule has 0 atom stereocenters. The lowest BCUT2D eigenvalue weighted by molar-refractivity contribution is -0.154. The molecule has 8 nitrogen and oxygen atoms in total. The molecule has 1 fully saturated rings. The van der Waals surface area contributed by atoms with Crippen LogP contribution in [0.5, 0.6) is 5.88 Å². The maximum atomic E-state index is 12.8. The molecule has 0 saturated carbocycles. The molecule has 2 heterocycles. The van der Waals surface area contributed by atoms with Crippen LogP contribution in [0, 0.1) is 0 Å². The van der Waals surface area contributed by atoms with Gasteiger partial charge in [0.05, 0.1) is 11.3 Å². The SMILES string of the molecule is CCCS(=O)(=O)N(CCCN1CCCC1=O)C(=O)c1ccc(OCC(F)(F)F)nc1. The van der Waals surface area contributed by atoms with Crippen LogP contribution in [0.1, 0.15) is 43.0 Å². The van der Waals surface area contributed by atoms with Gasteiger partial charge in [0, 0.05) is 38.3 Å². The lowest BCUT2D eigenvalue weighted by atomic mass is 10.2. The number of sulfonamides is 1.